The number of hydrogen-bond donors (Lipinski definition) is 0. The number of thiophene rings is 4. The average molecular weight is 550 g/mol. The first-order valence-electron chi connectivity index (χ1n) is 12.3. The summed E-state index contributed by atoms with van der Waals surface area (Å²) in [5.74, 6) is 0. The van der Waals surface area contributed by atoms with Gasteiger partial charge in [-0.05, 0) is 62.2 Å². The van der Waals surface area contributed by atoms with Crippen LogP contribution in [0.3, 0.4) is 0 Å². The van der Waals surface area contributed by atoms with Crippen LogP contribution < -0.4 is 0 Å². The maximum absolute atomic E-state index is 6.67. The average Bonchev–Trinajstić information content (AvgIpc) is 3.67. The number of furan rings is 1. The first kappa shape index (κ1) is 20.8. The van der Waals surface area contributed by atoms with Crippen molar-refractivity contribution in [3.8, 4) is 5.69 Å². The molecule has 0 aliphatic carbocycles. The van der Waals surface area contributed by atoms with E-state index in [0.29, 0.717) is 0 Å². The van der Waals surface area contributed by atoms with Gasteiger partial charge in [0, 0.05) is 25.9 Å². The molecule has 2 nitrogen and oxygen atoms in total. The zero-order chi connectivity index (χ0) is 24.6. The van der Waals surface area contributed by atoms with Gasteiger partial charge in [-0.1, -0.05) is 35.9 Å². The number of benzene rings is 3. The van der Waals surface area contributed by atoms with Gasteiger partial charge in [0.15, 0.2) is 11.2 Å². The van der Waals surface area contributed by atoms with Gasteiger partial charge in [-0.3, -0.25) is 0 Å². The third-order valence-electron chi connectivity index (χ3n) is 7.43. The topological polar surface area (TPSA) is 18.1 Å². The Kier molecular flexibility index (Phi) is 3.96. The number of hydrogen-bond acceptors (Lipinski definition) is 5. The molecule has 6 aromatic heterocycles. The van der Waals surface area contributed by atoms with E-state index >= 15 is 0 Å². The van der Waals surface area contributed by atoms with Crippen molar-refractivity contribution < 1.29 is 4.42 Å². The lowest BCUT2D eigenvalue weighted by Gasteiger charge is -2.08. The van der Waals surface area contributed by atoms with Crippen molar-refractivity contribution in [1.82, 2.24) is 4.57 Å². The lowest BCUT2D eigenvalue weighted by atomic mass is 10.2. The molecule has 0 amide bonds. The van der Waals surface area contributed by atoms with Gasteiger partial charge in [0.25, 0.3) is 0 Å². The summed E-state index contributed by atoms with van der Waals surface area (Å²) in [7, 11) is 0. The fraction of sp³-hybridized carbons (Fsp3) is 0.0968. The molecule has 6 heterocycles. The highest BCUT2D eigenvalue weighted by Crippen LogP contribution is 2.54. The molecule has 0 spiro atoms. The van der Waals surface area contributed by atoms with Gasteiger partial charge in [0.1, 0.15) is 0 Å². The Morgan fingerprint density at radius 1 is 0.514 bits per heavy atom. The highest BCUT2D eigenvalue weighted by Gasteiger charge is 2.27. The normalized spacial score (nSPS) is 12.7. The van der Waals surface area contributed by atoms with Gasteiger partial charge < -0.3 is 8.98 Å². The highest BCUT2D eigenvalue weighted by atomic mass is 32.1. The Balaban J connectivity index is 1.46. The predicted octanol–water partition coefficient (Wildman–Crippen LogP) is 11.3. The minimum absolute atomic E-state index is 1.05. The van der Waals surface area contributed by atoms with Crippen molar-refractivity contribution in [3.05, 3.63) is 77.4 Å². The van der Waals surface area contributed by atoms with Gasteiger partial charge in [0.2, 0.25) is 0 Å². The molecule has 0 bridgehead atoms. The van der Waals surface area contributed by atoms with Gasteiger partial charge in [-0.25, -0.2) is 0 Å². The Labute approximate surface area is 227 Å². The van der Waals surface area contributed by atoms with Gasteiger partial charge in [-0.2, -0.15) is 0 Å². The van der Waals surface area contributed by atoms with Crippen LogP contribution in [0.5, 0.6) is 0 Å². The monoisotopic (exact) mass is 549 g/mol. The zero-order valence-electron chi connectivity index (χ0n) is 20.3. The van der Waals surface area contributed by atoms with Gasteiger partial charge in [-0.15, -0.1) is 45.3 Å². The molecule has 37 heavy (non-hydrogen) atoms. The minimum atomic E-state index is 1.05. The van der Waals surface area contributed by atoms with Crippen molar-refractivity contribution in [2.75, 3.05) is 0 Å². The standard InChI is InChI=1S/C31H19NOS4/c1-14-4-8-17(9-5-14)32-22-18-10-6-15(2)12-20(18)34-26(22)27-23(32)28-30(36-27)25-31(37-28)29-24(33-25)19-11-7-16(3)13-21(19)35-29/h4-13H,1-3H3. The summed E-state index contributed by atoms with van der Waals surface area (Å²) in [4.78, 5) is 0. The van der Waals surface area contributed by atoms with Crippen LogP contribution in [-0.2, 0) is 0 Å². The summed E-state index contributed by atoms with van der Waals surface area (Å²) >= 11 is 7.59. The van der Waals surface area contributed by atoms with Crippen LogP contribution >= 0.6 is 45.3 Å². The zero-order valence-corrected chi connectivity index (χ0v) is 23.5. The van der Waals surface area contributed by atoms with E-state index in [1.54, 1.807) is 0 Å². The lowest BCUT2D eigenvalue weighted by molar-refractivity contribution is 0.678. The van der Waals surface area contributed by atoms with Crippen molar-refractivity contribution in [2.45, 2.75) is 20.8 Å². The lowest BCUT2D eigenvalue weighted by Crippen LogP contribution is -1.93. The van der Waals surface area contributed by atoms with Crippen molar-refractivity contribution in [1.29, 1.82) is 0 Å². The molecule has 0 aliphatic heterocycles. The summed E-state index contributed by atoms with van der Waals surface area (Å²) in [6.45, 7) is 6.49. The second-order valence-corrected chi connectivity index (χ2v) is 14.2. The van der Waals surface area contributed by atoms with Crippen LogP contribution in [0.25, 0.3) is 76.3 Å². The molecule has 178 valence electrons. The molecule has 0 fully saturated rings. The summed E-state index contributed by atoms with van der Waals surface area (Å²) in [5.41, 5.74) is 9.87. The van der Waals surface area contributed by atoms with E-state index in [9.17, 15) is 0 Å². The summed E-state index contributed by atoms with van der Waals surface area (Å²) < 4.78 is 19.8. The molecule has 0 unspecified atom stereocenters. The smallest absolute Gasteiger partial charge is 0.165 e. The quantitative estimate of drug-likeness (QED) is 0.199. The van der Waals surface area contributed by atoms with E-state index in [4.69, 9.17) is 4.42 Å². The Hall–Kier alpha value is -3.16. The predicted molar refractivity (Wildman–Crippen MR) is 166 cm³/mol. The molecule has 0 saturated carbocycles. The number of fused-ring (bicyclic) bond motifs is 13. The van der Waals surface area contributed by atoms with Crippen LogP contribution in [-0.4, -0.2) is 4.57 Å². The van der Waals surface area contributed by atoms with E-state index in [-0.39, 0.29) is 0 Å². The largest absolute Gasteiger partial charge is 0.452 e. The summed E-state index contributed by atoms with van der Waals surface area (Å²) in [6, 6.07) is 22.5. The molecular formula is C31H19NOS4. The number of aryl methyl sites for hydroxylation is 3. The highest BCUT2D eigenvalue weighted by molar-refractivity contribution is 7.41. The first-order valence-corrected chi connectivity index (χ1v) is 15.5. The third kappa shape index (κ3) is 2.64. The number of rotatable bonds is 1. The fourth-order valence-corrected chi connectivity index (χ4v) is 11.1. The van der Waals surface area contributed by atoms with Gasteiger partial charge >= 0.3 is 0 Å². The fourth-order valence-electron chi connectivity index (χ4n) is 5.67. The molecule has 9 aromatic rings. The summed E-state index contributed by atoms with van der Waals surface area (Å²) in [5, 5.41) is 2.57. The summed E-state index contributed by atoms with van der Waals surface area (Å²) in [6.07, 6.45) is 0. The molecule has 6 heteroatoms. The van der Waals surface area contributed by atoms with Gasteiger partial charge in [0.05, 0.1) is 39.2 Å². The van der Waals surface area contributed by atoms with Crippen LogP contribution in [0.4, 0.5) is 0 Å². The van der Waals surface area contributed by atoms with Crippen LogP contribution in [0.15, 0.2) is 65.1 Å². The van der Waals surface area contributed by atoms with Crippen molar-refractivity contribution >= 4 is 116 Å². The second-order valence-electron chi connectivity index (χ2n) is 10.0. The SMILES string of the molecule is Cc1ccc(-n2c3c4ccc(C)cc4sc3c3sc4c5oc6c7ccc(C)cc7sc6c5sc4c32)cc1. The molecule has 0 aliphatic rings. The third-order valence-corrected chi connectivity index (χ3v) is 12.5. The van der Waals surface area contributed by atoms with Crippen molar-refractivity contribution in [2.24, 2.45) is 0 Å². The maximum atomic E-state index is 6.67. The van der Waals surface area contributed by atoms with E-state index in [1.807, 2.05) is 45.3 Å². The second kappa shape index (κ2) is 7.03. The molecule has 3 aromatic carbocycles. The van der Waals surface area contributed by atoms with E-state index in [1.165, 1.54) is 81.8 Å². The van der Waals surface area contributed by atoms with Crippen LogP contribution in [0.1, 0.15) is 16.7 Å². The minimum Gasteiger partial charge on any atom is -0.452 e. The van der Waals surface area contributed by atoms with Crippen LogP contribution in [0, 0.1) is 20.8 Å². The Morgan fingerprint density at radius 3 is 1.81 bits per heavy atom. The molecule has 0 atom stereocenters. The van der Waals surface area contributed by atoms with E-state index < -0.39 is 0 Å². The molecule has 0 saturated heterocycles. The molecule has 9 rings (SSSR count). The number of nitrogens with zero attached hydrogens (tertiary/aromatic N) is 1. The molecule has 0 radical (unpaired) electrons. The molecule has 0 N–H and O–H groups in total. The molecular weight excluding hydrogens is 531 g/mol. The van der Waals surface area contributed by atoms with Crippen molar-refractivity contribution in [3.63, 3.8) is 0 Å². The maximum Gasteiger partial charge on any atom is 0.165 e. The first-order chi connectivity index (χ1) is 18.0. The van der Waals surface area contributed by atoms with Crippen LogP contribution in [0.2, 0.25) is 0 Å². The number of aromatic nitrogens is 1. The van der Waals surface area contributed by atoms with E-state index in [0.717, 1.165) is 11.2 Å². The Morgan fingerprint density at radius 2 is 1.05 bits per heavy atom. The Bertz CT molecular complexity index is 2380. The van der Waals surface area contributed by atoms with E-state index in [2.05, 4.69) is 86.0 Å².